The largest absolute Gasteiger partial charge is 0.388 e. The Morgan fingerprint density at radius 2 is 2.00 bits per heavy atom. The van der Waals surface area contributed by atoms with Crippen LogP contribution in [0.1, 0.15) is 0 Å². The van der Waals surface area contributed by atoms with Gasteiger partial charge in [-0.05, 0) is 0 Å². The lowest BCUT2D eigenvalue weighted by atomic mass is 10.1. The van der Waals surface area contributed by atoms with Crippen molar-refractivity contribution in [2.75, 3.05) is 13.7 Å². The Balaban J connectivity index is 3.79. The summed E-state index contributed by atoms with van der Waals surface area (Å²) in [4.78, 5) is 9.89. The van der Waals surface area contributed by atoms with Gasteiger partial charge in [0, 0.05) is 7.11 Å². The second kappa shape index (κ2) is 5.20. The van der Waals surface area contributed by atoms with Crippen LogP contribution in [-0.2, 0) is 9.53 Å². The van der Waals surface area contributed by atoms with Crippen LogP contribution in [0, 0.1) is 0 Å². The molecule has 0 aliphatic rings. The van der Waals surface area contributed by atoms with E-state index >= 15 is 0 Å². The fourth-order valence-electron chi connectivity index (χ4n) is 0.577. The number of methoxy groups -OCH3 is 1. The Labute approximate surface area is 64.2 Å². The van der Waals surface area contributed by atoms with Gasteiger partial charge in [-0.1, -0.05) is 0 Å². The summed E-state index contributed by atoms with van der Waals surface area (Å²) in [7, 11) is 1.34. The minimum atomic E-state index is -1.56. The lowest BCUT2D eigenvalue weighted by molar-refractivity contribution is -0.128. The third kappa shape index (κ3) is 3.43. The molecule has 0 aliphatic carbocycles. The zero-order chi connectivity index (χ0) is 8.85. The number of carbonyl (C=O) groups excluding carboxylic acids is 1. The Hall–Kier alpha value is -0.490. The van der Waals surface area contributed by atoms with Crippen molar-refractivity contribution in [2.24, 2.45) is 0 Å². The van der Waals surface area contributed by atoms with Crippen molar-refractivity contribution in [3.05, 3.63) is 0 Å². The van der Waals surface area contributed by atoms with Crippen molar-refractivity contribution in [1.82, 2.24) is 0 Å². The minimum absolute atomic E-state index is 0.119. The van der Waals surface area contributed by atoms with E-state index in [0.717, 1.165) is 0 Å². The van der Waals surface area contributed by atoms with Gasteiger partial charge in [-0.15, -0.1) is 0 Å². The van der Waals surface area contributed by atoms with Gasteiger partial charge in [0.05, 0.1) is 6.61 Å². The van der Waals surface area contributed by atoms with Gasteiger partial charge < -0.3 is 24.9 Å². The Morgan fingerprint density at radius 3 is 2.36 bits per heavy atom. The van der Waals surface area contributed by atoms with Crippen LogP contribution in [0.3, 0.4) is 0 Å². The van der Waals surface area contributed by atoms with E-state index in [1.165, 1.54) is 7.11 Å². The highest BCUT2D eigenvalue weighted by Crippen LogP contribution is 1.98. The zero-order valence-electron chi connectivity index (χ0n) is 6.17. The molecule has 0 rings (SSSR count). The summed E-state index contributed by atoms with van der Waals surface area (Å²) in [6.07, 6.45) is -4.11. The van der Waals surface area contributed by atoms with E-state index in [2.05, 4.69) is 4.74 Å². The van der Waals surface area contributed by atoms with E-state index in [-0.39, 0.29) is 12.9 Å². The quantitative estimate of drug-likeness (QED) is 0.406. The molecule has 5 heteroatoms. The van der Waals surface area contributed by atoms with Crippen LogP contribution < -0.4 is 0 Å². The van der Waals surface area contributed by atoms with Crippen LogP contribution in [0.4, 0.5) is 0 Å². The molecule has 0 heterocycles. The molecule has 3 atom stereocenters. The summed E-state index contributed by atoms with van der Waals surface area (Å²) < 4.78 is 4.48. The first-order valence-corrected chi connectivity index (χ1v) is 3.12. The van der Waals surface area contributed by atoms with E-state index < -0.39 is 18.3 Å². The van der Waals surface area contributed by atoms with Gasteiger partial charge in [0.2, 0.25) is 0 Å². The molecule has 0 unspecified atom stereocenters. The molecule has 0 aromatic heterocycles. The van der Waals surface area contributed by atoms with Crippen molar-refractivity contribution >= 4 is 6.29 Å². The van der Waals surface area contributed by atoms with Crippen molar-refractivity contribution in [3.8, 4) is 0 Å². The average molecular weight is 164 g/mol. The summed E-state index contributed by atoms with van der Waals surface area (Å²) in [6.45, 7) is -0.119. The second-order valence-corrected chi connectivity index (χ2v) is 2.14. The molecule has 11 heavy (non-hydrogen) atoms. The van der Waals surface area contributed by atoms with E-state index in [1.807, 2.05) is 0 Å². The first kappa shape index (κ1) is 10.5. The van der Waals surface area contributed by atoms with Crippen LogP contribution >= 0.6 is 0 Å². The van der Waals surface area contributed by atoms with Gasteiger partial charge in [-0.2, -0.15) is 0 Å². The molecule has 0 spiro atoms. The SMILES string of the molecule is COC[C@@H](O)[C@@H](O)[C@@H](O)C=O. The Kier molecular flexibility index (Phi) is 4.97. The molecule has 0 saturated heterocycles. The second-order valence-electron chi connectivity index (χ2n) is 2.14. The summed E-state index contributed by atoms with van der Waals surface area (Å²) in [5.41, 5.74) is 0. The smallest absolute Gasteiger partial charge is 0.151 e. The van der Waals surface area contributed by atoms with Crippen LogP contribution in [0.5, 0.6) is 0 Å². The summed E-state index contributed by atoms with van der Waals surface area (Å²) in [5.74, 6) is 0. The third-order valence-electron chi connectivity index (χ3n) is 1.22. The molecule has 0 aliphatic heterocycles. The van der Waals surface area contributed by atoms with Gasteiger partial charge in [-0.3, -0.25) is 0 Å². The highest BCUT2D eigenvalue weighted by molar-refractivity contribution is 5.56. The van der Waals surface area contributed by atoms with Crippen LogP contribution in [0.25, 0.3) is 0 Å². The van der Waals surface area contributed by atoms with E-state index in [4.69, 9.17) is 15.3 Å². The monoisotopic (exact) mass is 164 g/mol. The number of aldehydes is 1. The van der Waals surface area contributed by atoms with Crippen molar-refractivity contribution in [3.63, 3.8) is 0 Å². The molecule has 3 N–H and O–H groups in total. The van der Waals surface area contributed by atoms with E-state index in [9.17, 15) is 4.79 Å². The molecule has 0 bridgehead atoms. The molecule has 0 radical (unpaired) electrons. The van der Waals surface area contributed by atoms with Gasteiger partial charge in [0.25, 0.3) is 0 Å². The van der Waals surface area contributed by atoms with Crippen LogP contribution in [-0.4, -0.2) is 53.6 Å². The molecule has 0 amide bonds. The molecule has 5 nitrogen and oxygen atoms in total. The number of hydrogen-bond donors (Lipinski definition) is 3. The maximum Gasteiger partial charge on any atom is 0.151 e. The predicted molar refractivity (Wildman–Crippen MR) is 36.0 cm³/mol. The van der Waals surface area contributed by atoms with Gasteiger partial charge in [0.15, 0.2) is 6.29 Å². The third-order valence-corrected chi connectivity index (χ3v) is 1.22. The molecule has 0 aromatic rings. The summed E-state index contributed by atoms with van der Waals surface area (Å²) >= 11 is 0. The van der Waals surface area contributed by atoms with Gasteiger partial charge in [-0.25, -0.2) is 0 Å². The first-order chi connectivity index (χ1) is 5.13. The topological polar surface area (TPSA) is 87.0 Å². The fraction of sp³-hybridized carbons (Fsp3) is 0.833. The van der Waals surface area contributed by atoms with E-state index in [0.29, 0.717) is 0 Å². The lowest BCUT2D eigenvalue weighted by Gasteiger charge is -2.17. The van der Waals surface area contributed by atoms with Crippen molar-refractivity contribution in [2.45, 2.75) is 18.3 Å². The number of ether oxygens (including phenoxy) is 1. The number of rotatable bonds is 5. The first-order valence-electron chi connectivity index (χ1n) is 3.12. The van der Waals surface area contributed by atoms with Crippen molar-refractivity contribution < 1.29 is 24.9 Å². The molecule has 0 fully saturated rings. The highest BCUT2D eigenvalue weighted by atomic mass is 16.5. The van der Waals surface area contributed by atoms with Gasteiger partial charge in [0.1, 0.15) is 18.3 Å². The molecule has 66 valence electrons. The standard InChI is InChI=1S/C6H12O5/c1-11-3-5(9)6(10)4(8)2-7/h2,4-6,8-10H,3H2,1H3/t4-,5+,6-/m0/s1. The van der Waals surface area contributed by atoms with Crippen LogP contribution in [0.2, 0.25) is 0 Å². The number of hydrogen-bond acceptors (Lipinski definition) is 5. The Bertz CT molecular complexity index is 116. The highest BCUT2D eigenvalue weighted by Gasteiger charge is 2.23. The van der Waals surface area contributed by atoms with Crippen LogP contribution in [0.15, 0.2) is 0 Å². The maximum atomic E-state index is 9.89. The molecular formula is C6H12O5. The van der Waals surface area contributed by atoms with E-state index in [1.54, 1.807) is 0 Å². The number of aliphatic hydroxyl groups is 3. The van der Waals surface area contributed by atoms with Crippen molar-refractivity contribution in [1.29, 1.82) is 0 Å². The molecular weight excluding hydrogens is 152 g/mol. The Morgan fingerprint density at radius 1 is 1.45 bits per heavy atom. The normalized spacial score (nSPS) is 18.9. The molecule has 0 aromatic carbocycles. The number of carbonyl (C=O) groups is 1. The predicted octanol–water partition coefficient (Wildman–Crippen LogP) is -2.09. The number of aliphatic hydroxyl groups excluding tert-OH is 3. The lowest BCUT2D eigenvalue weighted by Crippen LogP contribution is -2.40. The summed E-state index contributed by atoms with van der Waals surface area (Å²) in [6, 6.07) is 0. The van der Waals surface area contributed by atoms with Gasteiger partial charge >= 0.3 is 0 Å². The summed E-state index contributed by atoms with van der Waals surface area (Å²) in [5, 5.41) is 26.5. The fourth-order valence-corrected chi connectivity index (χ4v) is 0.577. The maximum absolute atomic E-state index is 9.89. The molecule has 0 saturated carbocycles. The average Bonchev–Trinajstić information content (AvgIpc) is 2.02. The zero-order valence-corrected chi connectivity index (χ0v) is 6.17. The minimum Gasteiger partial charge on any atom is -0.388 e.